The van der Waals surface area contributed by atoms with E-state index < -0.39 is 5.82 Å². The highest BCUT2D eigenvalue weighted by atomic mass is 35.5. The zero-order chi connectivity index (χ0) is 11.5. The Morgan fingerprint density at radius 2 is 2.00 bits per heavy atom. The SMILES string of the molecule is Fc1c(Cl)cccc1Nc1cncc(Cl)n1. The molecule has 0 amide bonds. The quantitative estimate of drug-likeness (QED) is 0.893. The van der Waals surface area contributed by atoms with Crippen LogP contribution >= 0.6 is 23.2 Å². The molecule has 2 rings (SSSR count). The fraction of sp³-hybridized carbons (Fsp3) is 0. The molecular weight excluding hydrogens is 252 g/mol. The molecule has 1 heterocycles. The number of hydrogen-bond acceptors (Lipinski definition) is 3. The average molecular weight is 258 g/mol. The van der Waals surface area contributed by atoms with Gasteiger partial charge in [-0.3, -0.25) is 4.98 Å². The largest absolute Gasteiger partial charge is 0.336 e. The van der Waals surface area contributed by atoms with E-state index in [-0.39, 0.29) is 15.9 Å². The molecule has 0 spiro atoms. The molecule has 0 radical (unpaired) electrons. The zero-order valence-electron chi connectivity index (χ0n) is 7.92. The summed E-state index contributed by atoms with van der Waals surface area (Å²) in [6, 6.07) is 4.64. The summed E-state index contributed by atoms with van der Waals surface area (Å²) in [5, 5.41) is 3.01. The summed E-state index contributed by atoms with van der Waals surface area (Å²) in [6.07, 6.45) is 2.83. The summed E-state index contributed by atoms with van der Waals surface area (Å²) in [6.45, 7) is 0. The zero-order valence-corrected chi connectivity index (χ0v) is 9.43. The lowest BCUT2D eigenvalue weighted by molar-refractivity contribution is 0.632. The molecule has 1 N–H and O–H groups in total. The van der Waals surface area contributed by atoms with Gasteiger partial charge in [-0.25, -0.2) is 9.37 Å². The summed E-state index contributed by atoms with van der Waals surface area (Å²) in [5.41, 5.74) is 0.226. The molecule has 0 bridgehead atoms. The van der Waals surface area contributed by atoms with E-state index in [1.165, 1.54) is 18.5 Å². The van der Waals surface area contributed by atoms with Crippen LogP contribution in [-0.4, -0.2) is 9.97 Å². The Hall–Kier alpha value is -1.39. The number of hydrogen-bond donors (Lipinski definition) is 1. The standard InChI is InChI=1S/C10H6Cl2FN3/c11-6-2-1-3-7(10(6)13)15-9-5-14-4-8(12)16-9/h1-5H,(H,15,16). The lowest BCUT2D eigenvalue weighted by Crippen LogP contribution is -1.97. The Balaban J connectivity index is 2.31. The van der Waals surface area contributed by atoms with Crippen molar-refractivity contribution < 1.29 is 4.39 Å². The lowest BCUT2D eigenvalue weighted by atomic mass is 10.3. The van der Waals surface area contributed by atoms with Gasteiger partial charge in [0.05, 0.1) is 23.1 Å². The molecule has 1 aromatic heterocycles. The molecule has 2 aromatic rings. The van der Waals surface area contributed by atoms with Gasteiger partial charge in [-0.05, 0) is 12.1 Å². The average Bonchev–Trinajstić information content (AvgIpc) is 2.25. The summed E-state index contributed by atoms with van der Waals surface area (Å²) < 4.78 is 13.5. The van der Waals surface area contributed by atoms with Gasteiger partial charge in [0.25, 0.3) is 0 Å². The van der Waals surface area contributed by atoms with Gasteiger partial charge < -0.3 is 5.32 Å². The molecule has 0 fully saturated rings. The molecule has 3 nitrogen and oxygen atoms in total. The minimum absolute atomic E-state index is 0.0417. The summed E-state index contributed by atoms with van der Waals surface area (Å²) in [7, 11) is 0. The van der Waals surface area contributed by atoms with Crippen LogP contribution in [0.15, 0.2) is 30.6 Å². The van der Waals surface area contributed by atoms with E-state index in [0.29, 0.717) is 5.82 Å². The first kappa shape index (κ1) is 11.1. The second-order valence-electron chi connectivity index (χ2n) is 2.95. The van der Waals surface area contributed by atoms with Gasteiger partial charge in [0.2, 0.25) is 0 Å². The normalized spacial score (nSPS) is 10.2. The highest BCUT2D eigenvalue weighted by Crippen LogP contribution is 2.24. The highest BCUT2D eigenvalue weighted by molar-refractivity contribution is 6.31. The van der Waals surface area contributed by atoms with Crippen LogP contribution in [0.25, 0.3) is 0 Å². The van der Waals surface area contributed by atoms with Crippen molar-refractivity contribution in [2.45, 2.75) is 0 Å². The molecular formula is C10H6Cl2FN3. The van der Waals surface area contributed by atoms with E-state index >= 15 is 0 Å². The molecule has 0 aliphatic rings. The fourth-order valence-electron chi connectivity index (χ4n) is 1.14. The van der Waals surface area contributed by atoms with Gasteiger partial charge >= 0.3 is 0 Å². The Bertz CT molecular complexity index is 519. The number of anilines is 2. The maximum absolute atomic E-state index is 13.5. The molecule has 16 heavy (non-hydrogen) atoms. The van der Waals surface area contributed by atoms with E-state index in [1.807, 2.05) is 0 Å². The van der Waals surface area contributed by atoms with Crippen LogP contribution in [0.3, 0.4) is 0 Å². The van der Waals surface area contributed by atoms with Crippen molar-refractivity contribution in [2.75, 3.05) is 5.32 Å². The van der Waals surface area contributed by atoms with Gasteiger partial charge in [-0.2, -0.15) is 0 Å². The maximum Gasteiger partial charge on any atom is 0.165 e. The first-order chi connectivity index (χ1) is 7.66. The molecule has 0 aliphatic heterocycles. The minimum Gasteiger partial charge on any atom is -0.336 e. The van der Waals surface area contributed by atoms with Gasteiger partial charge in [-0.15, -0.1) is 0 Å². The second-order valence-corrected chi connectivity index (χ2v) is 3.75. The van der Waals surface area contributed by atoms with E-state index in [9.17, 15) is 4.39 Å². The number of nitrogens with zero attached hydrogens (tertiary/aromatic N) is 2. The number of aromatic nitrogens is 2. The number of nitrogens with one attached hydrogen (secondary N) is 1. The molecule has 6 heteroatoms. The van der Waals surface area contributed by atoms with Crippen molar-refractivity contribution in [1.82, 2.24) is 9.97 Å². The van der Waals surface area contributed by atoms with Crippen LogP contribution in [0.4, 0.5) is 15.9 Å². The summed E-state index contributed by atoms with van der Waals surface area (Å²) in [5.74, 6) is -0.181. The smallest absolute Gasteiger partial charge is 0.165 e. The van der Waals surface area contributed by atoms with Crippen molar-refractivity contribution >= 4 is 34.7 Å². The van der Waals surface area contributed by atoms with Gasteiger partial charge in [0, 0.05) is 0 Å². The monoisotopic (exact) mass is 257 g/mol. The van der Waals surface area contributed by atoms with Crippen molar-refractivity contribution in [2.24, 2.45) is 0 Å². The molecule has 0 saturated carbocycles. The highest BCUT2D eigenvalue weighted by Gasteiger charge is 2.06. The predicted molar refractivity (Wildman–Crippen MR) is 61.7 cm³/mol. The number of halogens is 3. The number of rotatable bonds is 2. The second kappa shape index (κ2) is 4.63. The van der Waals surface area contributed by atoms with Crippen LogP contribution in [0.2, 0.25) is 10.2 Å². The van der Waals surface area contributed by atoms with Crippen LogP contribution in [0.5, 0.6) is 0 Å². The van der Waals surface area contributed by atoms with Gasteiger partial charge in [0.1, 0.15) is 5.15 Å². The van der Waals surface area contributed by atoms with Crippen molar-refractivity contribution in [3.05, 3.63) is 46.6 Å². The molecule has 82 valence electrons. The van der Waals surface area contributed by atoms with Crippen LogP contribution in [-0.2, 0) is 0 Å². The minimum atomic E-state index is -0.536. The molecule has 0 aliphatic carbocycles. The molecule has 1 aromatic carbocycles. The predicted octanol–water partition coefficient (Wildman–Crippen LogP) is 3.67. The Morgan fingerprint density at radius 1 is 1.19 bits per heavy atom. The molecule has 0 unspecified atom stereocenters. The third kappa shape index (κ3) is 2.40. The maximum atomic E-state index is 13.5. The van der Waals surface area contributed by atoms with Gasteiger partial charge in [-0.1, -0.05) is 29.3 Å². The van der Waals surface area contributed by atoms with Gasteiger partial charge in [0.15, 0.2) is 11.6 Å². The van der Waals surface area contributed by atoms with Crippen LogP contribution in [0, 0.1) is 5.82 Å². The van der Waals surface area contributed by atoms with E-state index in [0.717, 1.165) is 0 Å². The summed E-state index contributed by atoms with van der Waals surface area (Å²) in [4.78, 5) is 7.74. The van der Waals surface area contributed by atoms with Crippen molar-refractivity contribution in [3.63, 3.8) is 0 Å². The Kier molecular flexibility index (Phi) is 3.22. The lowest BCUT2D eigenvalue weighted by Gasteiger charge is -2.06. The topological polar surface area (TPSA) is 37.8 Å². The fourth-order valence-corrected chi connectivity index (χ4v) is 1.46. The molecule has 0 saturated heterocycles. The summed E-state index contributed by atoms with van der Waals surface area (Å²) >= 11 is 11.3. The Morgan fingerprint density at radius 3 is 2.75 bits per heavy atom. The number of benzene rings is 1. The van der Waals surface area contributed by atoms with E-state index in [2.05, 4.69) is 15.3 Å². The first-order valence-electron chi connectivity index (χ1n) is 4.35. The van der Waals surface area contributed by atoms with Crippen molar-refractivity contribution in [1.29, 1.82) is 0 Å². The van der Waals surface area contributed by atoms with Crippen molar-refractivity contribution in [3.8, 4) is 0 Å². The van der Waals surface area contributed by atoms with E-state index in [4.69, 9.17) is 23.2 Å². The third-order valence-corrected chi connectivity index (χ3v) is 2.29. The van der Waals surface area contributed by atoms with E-state index in [1.54, 1.807) is 12.1 Å². The van der Waals surface area contributed by atoms with Crippen LogP contribution in [0.1, 0.15) is 0 Å². The van der Waals surface area contributed by atoms with Crippen LogP contribution < -0.4 is 5.32 Å². The molecule has 0 atom stereocenters. The Labute approximate surface area is 101 Å². The third-order valence-electron chi connectivity index (χ3n) is 1.82. The first-order valence-corrected chi connectivity index (χ1v) is 5.11.